The molecule has 2 N–H and O–H groups in total. The summed E-state index contributed by atoms with van der Waals surface area (Å²) in [6.45, 7) is 0. The number of rotatable bonds is 0. The van der Waals surface area contributed by atoms with Crippen molar-refractivity contribution in [3.63, 3.8) is 0 Å². The zero-order chi connectivity index (χ0) is 13.1. The Bertz CT molecular complexity index is 668. The summed E-state index contributed by atoms with van der Waals surface area (Å²) in [6, 6.07) is 13.8. The third-order valence-electron chi connectivity index (χ3n) is 4.42. The summed E-state index contributed by atoms with van der Waals surface area (Å²) in [5.41, 5.74) is 4.38. The van der Waals surface area contributed by atoms with Crippen molar-refractivity contribution >= 4 is 11.6 Å². The Morgan fingerprint density at radius 2 is 1.26 bits per heavy atom. The molecule has 0 aromatic heterocycles. The molecule has 2 bridgehead atoms. The molecule has 3 heteroatoms. The molecular formula is C16H13ClO2. The number of hydrogen-bond donors (Lipinski definition) is 2. The summed E-state index contributed by atoms with van der Waals surface area (Å²) in [6.07, 6.45) is -1.50. The Balaban J connectivity index is 2.05. The van der Waals surface area contributed by atoms with Crippen molar-refractivity contribution in [1.29, 1.82) is 0 Å². The van der Waals surface area contributed by atoms with Crippen LogP contribution in [0.5, 0.6) is 0 Å². The Labute approximate surface area is 116 Å². The van der Waals surface area contributed by atoms with Crippen molar-refractivity contribution in [3.8, 4) is 0 Å². The first kappa shape index (κ1) is 11.5. The molecule has 2 nitrogen and oxygen atoms in total. The topological polar surface area (TPSA) is 40.5 Å². The molecule has 2 unspecified atom stereocenters. The summed E-state index contributed by atoms with van der Waals surface area (Å²) < 4.78 is 0. The maximum absolute atomic E-state index is 10.4. The zero-order valence-electron chi connectivity index (χ0n) is 10.1. The molecule has 0 spiro atoms. The van der Waals surface area contributed by atoms with E-state index in [-0.39, 0.29) is 11.8 Å². The number of aliphatic hydroxyl groups excluding tert-OH is 2. The molecule has 0 amide bonds. The van der Waals surface area contributed by atoms with Gasteiger partial charge in [-0.05, 0) is 34.4 Å². The van der Waals surface area contributed by atoms with Crippen LogP contribution in [0, 0.1) is 0 Å². The number of fused-ring (bicyclic) bond motifs is 1. The second-order valence-electron chi connectivity index (χ2n) is 5.34. The van der Waals surface area contributed by atoms with Crippen molar-refractivity contribution in [2.24, 2.45) is 0 Å². The first-order valence-electron chi connectivity index (χ1n) is 6.43. The van der Waals surface area contributed by atoms with E-state index in [2.05, 4.69) is 0 Å². The van der Waals surface area contributed by atoms with Crippen molar-refractivity contribution in [1.82, 2.24) is 0 Å². The first-order chi connectivity index (χ1) is 9.18. The predicted molar refractivity (Wildman–Crippen MR) is 73.6 cm³/mol. The van der Waals surface area contributed by atoms with E-state index in [1.54, 1.807) is 0 Å². The van der Waals surface area contributed by atoms with Crippen LogP contribution < -0.4 is 0 Å². The highest BCUT2D eigenvalue weighted by atomic mass is 35.5. The van der Waals surface area contributed by atoms with Gasteiger partial charge in [0.25, 0.3) is 0 Å². The lowest BCUT2D eigenvalue weighted by Crippen LogP contribution is -2.47. The molecule has 2 aromatic rings. The van der Waals surface area contributed by atoms with Gasteiger partial charge in [-0.15, -0.1) is 0 Å². The van der Waals surface area contributed by atoms with Gasteiger partial charge in [-0.2, -0.15) is 0 Å². The minimum absolute atomic E-state index is 0.150. The molecule has 4 atom stereocenters. The smallest absolute Gasteiger partial charge is 0.0917 e. The highest BCUT2D eigenvalue weighted by molar-refractivity contribution is 6.30. The summed E-state index contributed by atoms with van der Waals surface area (Å²) in [4.78, 5) is 0. The van der Waals surface area contributed by atoms with Crippen molar-refractivity contribution in [2.45, 2.75) is 24.0 Å². The molecule has 5 rings (SSSR count). The fourth-order valence-electron chi connectivity index (χ4n) is 3.64. The number of benzene rings is 2. The Morgan fingerprint density at radius 1 is 0.737 bits per heavy atom. The summed E-state index contributed by atoms with van der Waals surface area (Å²) in [7, 11) is 0. The third-order valence-corrected chi connectivity index (χ3v) is 4.65. The maximum atomic E-state index is 10.4. The van der Waals surface area contributed by atoms with Crippen LogP contribution in [-0.2, 0) is 0 Å². The molecule has 0 aliphatic heterocycles. The summed E-state index contributed by atoms with van der Waals surface area (Å²) >= 11 is 6.08. The lowest BCUT2D eigenvalue weighted by molar-refractivity contribution is -0.0154. The molecule has 2 aromatic carbocycles. The molecule has 3 aliphatic rings. The number of hydrogen-bond acceptors (Lipinski definition) is 2. The van der Waals surface area contributed by atoms with Gasteiger partial charge in [0, 0.05) is 16.9 Å². The van der Waals surface area contributed by atoms with Gasteiger partial charge in [0.05, 0.1) is 12.2 Å². The largest absolute Gasteiger partial charge is 0.389 e. The van der Waals surface area contributed by atoms with Gasteiger partial charge in [0.2, 0.25) is 0 Å². The van der Waals surface area contributed by atoms with Gasteiger partial charge >= 0.3 is 0 Å². The van der Waals surface area contributed by atoms with Crippen LogP contribution in [-0.4, -0.2) is 22.4 Å². The molecule has 3 aliphatic carbocycles. The summed E-state index contributed by atoms with van der Waals surface area (Å²) in [5.74, 6) is -0.326. The minimum atomic E-state index is -0.758. The fourth-order valence-corrected chi connectivity index (χ4v) is 3.82. The van der Waals surface area contributed by atoms with Crippen LogP contribution >= 0.6 is 11.6 Å². The van der Waals surface area contributed by atoms with Crippen molar-refractivity contribution < 1.29 is 10.2 Å². The average Bonchev–Trinajstić information content (AvgIpc) is 2.42. The van der Waals surface area contributed by atoms with Gasteiger partial charge in [0.1, 0.15) is 0 Å². The standard InChI is InChI=1S/C16H13ClO2/c17-8-5-6-11-12(7-8)14-10-4-2-1-3-9(10)13(11)15(18)16(14)19/h1-7,13-16,18-19H/t13-,14+,15?,16?/m1/s1. The lowest BCUT2D eigenvalue weighted by atomic mass is 9.61. The highest BCUT2D eigenvalue weighted by Gasteiger charge is 2.48. The lowest BCUT2D eigenvalue weighted by Gasteiger charge is -2.46. The Morgan fingerprint density at radius 3 is 1.89 bits per heavy atom. The van der Waals surface area contributed by atoms with E-state index >= 15 is 0 Å². The predicted octanol–water partition coefficient (Wildman–Crippen LogP) is 2.65. The molecule has 0 saturated carbocycles. The maximum Gasteiger partial charge on any atom is 0.0917 e. The molecule has 0 fully saturated rings. The van der Waals surface area contributed by atoms with Gasteiger partial charge in [0.15, 0.2) is 0 Å². The van der Waals surface area contributed by atoms with E-state index in [9.17, 15) is 10.2 Å². The number of halogens is 1. The van der Waals surface area contributed by atoms with Crippen LogP contribution in [0.3, 0.4) is 0 Å². The quantitative estimate of drug-likeness (QED) is 0.774. The second-order valence-corrected chi connectivity index (χ2v) is 5.78. The Hall–Kier alpha value is -1.35. The van der Waals surface area contributed by atoms with E-state index in [0.29, 0.717) is 5.02 Å². The monoisotopic (exact) mass is 272 g/mol. The van der Waals surface area contributed by atoms with E-state index in [1.165, 1.54) is 0 Å². The van der Waals surface area contributed by atoms with Crippen LogP contribution in [0.15, 0.2) is 42.5 Å². The van der Waals surface area contributed by atoms with Crippen molar-refractivity contribution in [3.05, 3.63) is 69.7 Å². The average molecular weight is 273 g/mol. The molecule has 0 saturated heterocycles. The third kappa shape index (κ3) is 1.39. The van der Waals surface area contributed by atoms with Gasteiger partial charge in [-0.25, -0.2) is 0 Å². The van der Waals surface area contributed by atoms with E-state index < -0.39 is 12.2 Å². The van der Waals surface area contributed by atoms with E-state index in [0.717, 1.165) is 22.3 Å². The van der Waals surface area contributed by atoms with Crippen LogP contribution in [0.4, 0.5) is 0 Å². The summed E-state index contributed by atoms with van der Waals surface area (Å²) in [5, 5.41) is 21.4. The van der Waals surface area contributed by atoms with Gasteiger partial charge in [-0.3, -0.25) is 0 Å². The second kappa shape index (κ2) is 3.83. The number of aliphatic hydroxyl groups is 2. The van der Waals surface area contributed by atoms with Gasteiger partial charge in [-0.1, -0.05) is 41.9 Å². The molecule has 19 heavy (non-hydrogen) atoms. The molecule has 96 valence electrons. The normalized spacial score (nSPS) is 30.9. The Kier molecular flexibility index (Phi) is 2.31. The first-order valence-corrected chi connectivity index (χ1v) is 6.80. The molecular weight excluding hydrogens is 260 g/mol. The van der Waals surface area contributed by atoms with Crippen molar-refractivity contribution in [2.75, 3.05) is 0 Å². The van der Waals surface area contributed by atoms with Gasteiger partial charge < -0.3 is 10.2 Å². The molecule has 0 heterocycles. The van der Waals surface area contributed by atoms with E-state index in [4.69, 9.17) is 11.6 Å². The minimum Gasteiger partial charge on any atom is -0.389 e. The van der Waals surface area contributed by atoms with E-state index in [1.807, 2.05) is 42.5 Å². The van der Waals surface area contributed by atoms with Crippen LogP contribution in [0.2, 0.25) is 5.02 Å². The molecule has 0 radical (unpaired) electrons. The SMILES string of the molecule is OC1C(O)[C@H]2c3ccccc3[C@@H]1c1ccc(Cl)cc12. The van der Waals surface area contributed by atoms with Crippen LogP contribution in [0.1, 0.15) is 34.1 Å². The zero-order valence-corrected chi connectivity index (χ0v) is 10.9. The van der Waals surface area contributed by atoms with Crippen LogP contribution in [0.25, 0.3) is 0 Å². The fraction of sp³-hybridized carbons (Fsp3) is 0.250. The highest BCUT2D eigenvalue weighted by Crippen LogP contribution is 2.53.